The minimum absolute atomic E-state index is 0.0412. The molecule has 5 atom stereocenters. The molecule has 4 nitrogen and oxygen atoms in total. The van der Waals surface area contributed by atoms with Crippen LogP contribution < -0.4 is 0 Å². The summed E-state index contributed by atoms with van der Waals surface area (Å²) in [4.78, 5) is 12.0. The molecule has 0 aromatic rings. The van der Waals surface area contributed by atoms with Crippen LogP contribution in [0, 0.1) is 11.8 Å². The number of carbonyl (C=O) groups is 1. The van der Waals surface area contributed by atoms with Gasteiger partial charge in [-0.3, -0.25) is 4.79 Å². The molecule has 3 fully saturated rings. The first-order chi connectivity index (χ1) is 9.22. The molecule has 2 aliphatic carbocycles. The topological polar surface area (TPSA) is 59.1 Å². The summed E-state index contributed by atoms with van der Waals surface area (Å²) in [6.45, 7) is 0.487. The van der Waals surface area contributed by atoms with Crippen molar-refractivity contribution >= 4 is 5.97 Å². The van der Waals surface area contributed by atoms with Gasteiger partial charge in [-0.25, -0.2) is 0 Å². The molecule has 2 saturated carbocycles. The van der Waals surface area contributed by atoms with Crippen LogP contribution in [0.25, 0.3) is 0 Å². The Morgan fingerprint density at radius 2 is 1.95 bits per heavy atom. The number of carbonyl (C=O) groups excluding carboxylic acids is 1. The normalized spacial score (nSPS) is 42.1. The van der Waals surface area contributed by atoms with E-state index in [0.29, 0.717) is 24.7 Å². The molecule has 108 valence electrons. The van der Waals surface area contributed by atoms with E-state index in [2.05, 4.69) is 0 Å². The second-order valence-electron chi connectivity index (χ2n) is 6.39. The first kappa shape index (κ1) is 13.4. The molecule has 3 aliphatic rings. The monoisotopic (exact) mass is 268 g/mol. The third-order valence-electron chi connectivity index (χ3n) is 4.80. The molecule has 0 amide bonds. The highest BCUT2D eigenvalue weighted by Gasteiger charge is 2.46. The van der Waals surface area contributed by atoms with E-state index in [4.69, 9.17) is 9.47 Å². The molecule has 19 heavy (non-hydrogen) atoms. The molecule has 0 aromatic heterocycles. The summed E-state index contributed by atoms with van der Waals surface area (Å²) in [5.74, 6) is 0.335. The van der Waals surface area contributed by atoms with Gasteiger partial charge in [-0.15, -0.1) is 0 Å². The van der Waals surface area contributed by atoms with Gasteiger partial charge >= 0.3 is 5.97 Å². The van der Waals surface area contributed by atoms with Crippen LogP contribution in [0.5, 0.6) is 0 Å². The number of hydrogen-bond donors (Lipinski definition) is 1. The van der Waals surface area contributed by atoms with Gasteiger partial charge in [0, 0.05) is 0 Å². The SMILES string of the molecule is O=C(OCC1CCCCC(O)C1)C1CCC2OC2C1. The Kier molecular flexibility index (Phi) is 4.08. The van der Waals surface area contributed by atoms with Gasteiger partial charge in [-0.05, 0) is 44.4 Å². The zero-order chi connectivity index (χ0) is 13.2. The van der Waals surface area contributed by atoms with Gasteiger partial charge in [0.15, 0.2) is 0 Å². The Bertz CT molecular complexity index is 330. The summed E-state index contributed by atoms with van der Waals surface area (Å²) >= 11 is 0. The van der Waals surface area contributed by atoms with Crippen molar-refractivity contribution in [2.24, 2.45) is 11.8 Å². The van der Waals surface area contributed by atoms with Gasteiger partial charge in [0.1, 0.15) is 0 Å². The van der Waals surface area contributed by atoms with E-state index in [9.17, 15) is 9.90 Å². The van der Waals surface area contributed by atoms with Crippen LogP contribution in [0.4, 0.5) is 0 Å². The lowest BCUT2D eigenvalue weighted by Crippen LogP contribution is -2.26. The van der Waals surface area contributed by atoms with E-state index >= 15 is 0 Å². The van der Waals surface area contributed by atoms with Crippen molar-refractivity contribution in [3.8, 4) is 0 Å². The van der Waals surface area contributed by atoms with Crippen molar-refractivity contribution in [2.75, 3.05) is 6.61 Å². The summed E-state index contributed by atoms with van der Waals surface area (Å²) < 4.78 is 10.9. The molecule has 3 rings (SSSR count). The molecule has 5 unspecified atom stereocenters. The lowest BCUT2D eigenvalue weighted by atomic mass is 9.89. The zero-order valence-corrected chi connectivity index (χ0v) is 11.4. The van der Waals surface area contributed by atoms with Crippen molar-refractivity contribution in [1.82, 2.24) is 0 Å². The van der Waals surface area contributed by atoms with E-state index in [1.807, 2.05) is 0 Å². The molecule has 1 saturated heterocycles. The summed E-state index contributed by atoms with van der Waals surface area (Å²) in [6.07, 6.45) is 8.29. The summed E-state index contributed by atoms with van der Waals surface area (Å²) in [5.41, 5.74) is 0. The van der Waals surface area contributed by atoms with Crippen LogP contribution in [0.2, 0.25) is 0 Å². The van der Waals surface area contributed by atoms with E-state index in [-0.39, 0.29) is 18.0 Å². The van der Waals surface area contributed by atoms with Crippen molar-refractivity contribution in [3.63, 3.8) is 0 Å². The number of esters is 1. The van der Waals surface area contributed by atoms with Gasteiger partial charge in [0.2, 0.25) is 0 Å². The van der Waals surface area contributed by atoms with Crippen LogP contribution in [0.3, 0.4) is 0 Å². The van der Waals surface area contributed by atoms with E-state index in [1.54, 1.807) is 0 Å². The number of epoxide rings is 1. The molecule has 0 aromatic carbocycles. The minimum Gasteiger partial charge on any atom is -0.465 e. The molecule has 1 N–H and O–H groups in total. The van der Waals surface area contributed by atoms with E-state index in [0.717, 1.165) is 51.4 Å². The Balaban J connectivity index is 1.41. The zero-order valence-electron chi connectivity index (χ0n) is 11.4. The first-order valence-electron chi connectivity index (χ1n) is 7.72. The number of aliphatic hydroxyl groups excluding tert-OH is 1. The van der Waals surface area contributed by atoms with Crippen molar-refractivity contribution in [2.45, 2.75) is 69.7 Å². The second kappa shape index (κ2) is 5.80. The smallest absolute Gasteiger partial charge is 0.309 e. The van der Waals surface area contributed by atoms with Gasteiger partial charge in [-0.1, -0.05) is 12.8 Å². The fourth-order valence-corrected chi connectivity index (χ4v) is 3.52. The third kappa shape index (κ3) is 3.48. The van der Waals surface area contributed by atoms with Gasteiger partial charge < -0.3 is 14.6 Å². The van der Waals surface area contributed by atoms with E-state index < -0.39 is 0 Å². The molecule has 0 radical (unpaired) electrons. The number of fused-ring (bicyclic) bond motifs is 1. The maximum Gasteiger partial charge on any atom is 0.309 e. The van der Waals surface area contributed by atoms with Crippen LogP contribution >= 0.6 is 0 Å². The number of hydrogen-bond acceptors (Lipinski definition) is 4. The van der Waals surface area contributed by atoms with Crippen LogP contribution in [-0.4, -0.2) is 36.0 Å². The number of ether oxygens (including phenoxy) is 2. The van der Waals surface area contributed by atoms with Crippen molar-refractivity contribution in [3.05, 3.63) is 0 Å². The molecule has 0 bridgehead atoms. The highest BCUT2D eigenvalue weighted by atomic mass is 16.6. The standard InChI is InChI=1S/C15H24O4/c16-12-4-2-1-3-10(7-12)9-18-15(17)11-5-6-13-14(8-11)19-13/h10-14,16H,1-9H2. The first-order valence-corrected chi connectivity index (χ1v) is 7.72. The average molecular weight is 268 g/mol. The number of aliphatic hydroxyl groups is 1. The summed E-state index contributed by atoms with van der Waals surface area (Å²) in [7, 11) is 0. The van der Waals surface area contributed by atoms with Crippen LogP contribution in [-0.2, 0) is 14.3 Å². The van der Waals surface area contributed by atoms with Crippen molar-refractivity contribution in [1.29, 1.82) is 0 Å². The van der Waals surface area contributed by atoms with Crippen molar-refractivity contribution < 1.29 is 19.4 Å². The fourth-order valence-electron chi connectivity index (χ4n) is 3.52. The Morgan fingerprint density at radius 1 is 1.11 bits per heavy atom. The minimum atomic E-state index is -0.207. The van der Waals surface area contributed by atoms with Crippen LogP contribution in [0.1, 0.15) is 51.4 Å². The predicted octanol–water partition coefficient (Wildman–Crippen LogP) is 2.04. The highest BCUT2D eigenvalue weighted by Crippen LogP contribution is 2.39. The second-order valence-corrected chi connectivity index (χ2v) is 6.39. The van der Waals surface area contributed by atoms with Crippen LogP contribution in [0.15, 0.2) is 0 Å². The Labute approximate surface area is 114 Å². The molecule has 1 aliphatic heterocycles. The Morgan fingerprint density at radius 3 is 2.79 bits per heavy atom. The largest absolute Gasteiger partial charge is 0.465 e. The fraction of sp³-hybridized carbons (Fsp3) is 0.933. The third-order valence-corrected chi connectivity index (χ3v) is 4.80. The van der Waals surface area contributed by atoms with Gasteiger partial charge in [0.25, 0.3) is 0 Å². The quantitative estimate of drug-likeness (QED) is 0.483. The molecule has 4 heteroatoms. The predicted molar refractivity (Wildman–Crippen MR) is 69.5 cm³/mol. The molecule has 1 heterocycles. The van der Waals surface area contributed by atoms with Gasteiger partial charge in [-0.2, -0.15) is 0 Å². The Hall–Kier alpha value is -0.610. The lowest BCUT2D eigenvalue weighted by molar-refractivity contribution is -0.151. The molecular formula is C15H24O4. The average Bonchev–Trinajstić information content (AvgIpc) is 3.19. The summed E-state index contributed by atoms with van der Waals surface area (Å²) in [5, 5.41) is 9.76. The van der Waals surface area contributed by atoms with E-state index in [1.165, 1.54) is 0 Å². The maximum absolute atomic E-state index is 12.0. The number of rotatable bonds is 3. The highest BCUT2D eigenvalue weighted by molar-refractivity contribution is 5.72. The summed E-state index contributed by atoms with van der Waals surface area (Å²) in [6, 6.07) is 0. The lowest BCUT2D eigenvalue weighted by Gasteiger charge is -2.20. The molecular weight excluding hydrogens is 244 g/mol. The maximum atomic E-state index is 12.0. The van der Waals surface area contributed by atoms with Gasteiger partial charge in [0.05, 0.1) is 30.8 Å². The molecule has 0 spiro atoms.